The summed E-state index contributed by atoms with van der Waals surface area (Å²) in [6.07, 6.45) is 0.324. The molecule has 1 aliphatic rings. The van der Waals surface area contributed by atoms with Gasteiger partial charge in [0.05, 0.1) is 18.1 Å². The van der Waals surface area contributed by atoms with Crippen LogP contribution < -0.4 is 10.6 Å². The van der Waals surface area contributed by atoms with E-state index in [1.54, 1.807) is 0 Å². The van der Waals surface area contributed by atoms with Crippen LogP contribution in [0.5, 0.6) is 0 Å². The summed E-state index contributed by atoms with van der Waals surface area (Å²) in [5.74, 6) is -0.0569. The Labute approximate surface area is 161 Å². The van der Waals surface area contributed by atoms with Crippen molar-refractivity contribution in [3.63, 3.8) is 0 Å². The Bertz CT molecular complexity index is 751. The average Bonchev–Trinajstić information content (AvgIpc) is 2.61. The molecule has 4 nitrogen and oxygen atoms in total. The van der Waals surface area contributed by atoms with Gasteiger partial charge in [0.25, 0.3) is 0 Å². The molecule has 0 unspecified atom stereocenters. The van der Waals surface area contributed by atoms with Crippen molar-refractivity contribution in [3.05, 3.63) is 70.8 Å². The molecule has 5 heteroatoms. The highest BCUT2D eigenvalue weighted by molar-refractivity contribution is 5.85. The van der Waals surface area contributed by atoms with Crippen LogP contribution in [-0.4, -0.2) is 30.2 Å². The van der Waals surface area contributed by atoms with Crippen LogP contribution in [0.3, 0.4) is 0 Å². The van der Waals surface area contributed by atoms with E-state index in [4.69, 9.17) is 0 Å². The standard InChI is InChI=1S/C21H26N2O2.ClH/c1-15-8-9-16(2)17(12-15)13-20(25)23-21(10-11-22-14-19(21)24)18-6-4-3-5-7-18;/h3-9,12,19,22,24H,10-11,13-14H2,1-2H3,(H,23,25);1H/t19-,21+;/m1./s1. The second-order valence-electron chi connectivity index (χ2n) is 6.96. The minimum atomic E-state index is -0.735. The van der Waals surface area contributed by atoms with Gasteiger partial charge in [-0.15, -0.1) is 12.4 Å². The summed E-state index contributed by atoms with van der Waals surface area (Å²) in [5, 5.41) is 17.1. The maximum atomic E-state index is 12.8. The van der Waals surface area contributed by atoms with Crippen LogP contribution in [0.4, 0.5) is 0 Å². The second-order valence-corrected chi connectivity index (χ2v) is 6.96. The Morgan fingerprint density at radius 1 is 1.23 bits per heavy atom. The van der Waals surface area contributed by atoms with Gasteiger partial charge in [0.1, 0.15) is 0 Å². The lowest BCUT2D eigenvalue weighted by atomic mass is 9.79. The fourth-order valence-electron chi connectivity index (χ4n) is 3.61. The summed E-state index contributed by atoms with van der Waals surface area (Å²) in [4.78, 5) is 12.8. The van der Waals surface area contributed by atoms with Crippen LogP contribution in [-0.2, 0) is 16.8 Å². The van der Waals surface area contributed by atoms with Gasteiger partial charge in [0.15, 0.2) is 0 Å². The highest BCUT2D eigenvalue weighted by Crippen LogP contribution is 2.31. The van der Waals surface area contributed by atoms with Crippen LogP contribution in [0.2, 0.25) is 0 Å². The maximum Gasteiger partial charge on any atom is 0.225 e. The van der Waals surface area contributed by atoms with E-state index in [9.17, 15) is 9.90 Å². The lowest BCUT2D eigenvalue weighted by Crippen LogP contribution is -2.61. The first kappa shape index (κ1) is 20.4. The van der Waals surface area contributed by atoms with Crippen molar-refractivity contribution in [2.24, 2.45) is 0 Å². The molecule has 0 spiro atoms. The third-order valence-electron chi connectivity index (χ3n) is 5.11. The van der Waals surface area contributed by atoms with Crippen LogP contribution in [0, 0.1) is 13.8 Å². The molecular formula is C21H27ClN2O2. The number of aryl methyl sites for hydroxylation is 2. The number of amides is 1. The molecule has 0 aliphatic carbocycles. The van der Waals surface area contributed by atoms with E-state index in [1.165, 1.54) is 0 Å². The van der Waals surface area contributed by atoms with Gasteiger partial charge >= 0.3 is 0 Å². The molecule has 3 N–H and O–H groups in total. The van der Waals surface area contributed by atoms with Gasteiger partial charge in [-0.1, -0.05) is 54.1 Å². The Kier molecular flexibility index (Phi) is 6.81. The minimum Gasteiger partial charge on any atom is -0.389 e. The third kappa shape index (κ3) is 4.26. The number of aliphatic hydroxyl groups excluding tert-OH is 1. The molecule has 1 amide bonds. The number of hydrogen-bond acceptors (Lipinski definition) is 3. The molecule has 2 aromatic carbocycles. The lowest BCUT2D eigenvalue weighted by molar-refractivity contribution is -0.125. The van der Waals surface area contributed by atoms with Gasteiger partial charge in [-0.25, -0.2) is 0 Å². The van der Waals surface area contributed by atoms with Crippen LogP contribution in [0.15, 0.2) is 48.5 Å². The summed E-state index contributed by atoms with van der Waals surface area (Å²) >= 11 is 0. The van der Waals surface area contributed by atoms with E-state index in [1.807, 2.05) is 50.2 Å². The lowest BCUT2D eigenvalue weighted by Gasteiger charge is -2.43. The largest absolute Gasteiger partial charge is 0.389 e. The number of β-amino-alcohol motifs (C(OH)–C–C–N with tert-alkyl or cyclic N) is 1. The average molecular weight is 375 g/mol. The number of piperidine rings is 1. The minimum absolute atomic E-state index is 0. The van der Waals surface area contributed by atoms with Crippen LogP contribution in [0.1, 0.15) is 28.7 Å². The molecule has 0 saturated carbocycles. The number of carbonyl (C=O) groups excluding carboxylic acids is 1. The first-order valence-electron chi connectivity index (χ1n) is 8.83. The molecule has 26 heavy (non-hydrogen) atoms. The molecule has 0 radical (unpaired) electrons. The summed E-state index contributed by atoms with van der Waals surface area (Å²) in [6, 6.07) is 16.0. The molecule has 0 bridgehead atoms. The molecule has 1 aliphatic heterocycles. The van der Waals surface area contributed by atoms with Crippen molar-refractivity contribution < 1.29 is 9.90 Å². The maximum absolute atomic E-state index is 12.8. The highest BCUT2D eigenvalue weighted by Gasteiger charge is 2.42. The topological polar surface area (TPSA) is 61.4 Å². The van der Waals surface area contributed by atoms with E-state index in [2.05, 4.69) is 22.8 Å². The predicted octanol–water partition coefficient (Wildman–Crippen LogP) is 2.63. The van der Waals surface area contributed by atoms with E-state index in [0.29, 0.717) is 19.4 Å². The number of rotatable bonds is 4. The van der Waals surface area contributed by atoms with Crippen LogP contribution in [0.25, 0.3) is 0 Å². The smallest absolute Gasteiger partial charge is 0.225 e. The number of aliphatic hydroxyl groups is 1. The van der Waals surface area contributed by atoms with E-state index in [-0.39, 0.29) is 18.3 Å². The second kappa shape index (κ2) is 8.67. The third-order valence-corrected chi connectivity index (χ3v) is 5.11. The molecule has 140 valence electrons. The van der Waals surface area contributed by atoms with Gasteiger partial charge in [0, 0.05) is 6.54 Å². The fraction of sp³-hybridized carbons (Fsp3) is 0.381. The monoisotopic (exact) mass is 374 g/mol. The number of benzene rings is 2. The van der Waals surface area contributed by atoms with Gasteiger partial charge in [-0.2, -0.15) is 0 Å². The fourth-order valence-corrected chi connectivity index (χ4v) is 3.61. The molecular weight excluding hydrogens is 348 g/mol. The van der Waals surface area contributed by atoms with E-state index < -0.39 is 11.6 Å². The van der Waals surface area contributed by atoms with Gasteiger partial charge < -0.3 is 15.7 Å². The summed E-state index contributed by atoms with van der Waals surface area (Å²) in [7, 11) is 0. The molecule has 2 atom stereocenters. The Hall–Kier alpha value is -1.88. The summed E-state index contributed by atoms with van der Waals surface area (Å²) < 4.78 is 0. The van der Waals surface area contributed by atoms with Gasteiger partial charge in [0.2, 0.25) is 5.91 Å². The number of halogens is 1. The van der Waals surface area contributed by atoms with E-state index in [0.717, 1.165) is 28.8 Å². The number of carbonyl (C=O) groups is 1. The molecule has 1 saturated heterocycles. The van der Waals surface area contributed by atoms with E-state index >= 15 is 0 Å². The molecule has 0 aromatic heterocycles. The first-order valence-corrected chi connectivity index (χ1v) is 8.83. The van der Waals surface area contributed by atoms with Crippen molar-refractivity contribution in [2.45, 2.75) is 38.3 Å². The van der Waals surface area contributed by atoms with Crippen molar-refractivity contribution in [1.29, 1.82) is 0 Å². The normalized spacial score (nSPS) is 22.3. The number of nitrogens with one attached hydrogen (secondary N) is 2. The Morgan fingerprint density at radius 3 is 2.65 bits per heavy atom. The number of hydrogen-bond donors (Lipinski definition) is 3. The SMILES string of the molecule is Cc1ccc(C)c(CC(=O)N[C@]2(c3ccccc3)CCNC[C@H]2O)c1.Cl. The molecule has 2 aromatic rings. The van der Waals surface area contributed by atoms with Gasteiger partial charge in [-0.05, 0) is 43.5 Å². The quantitative estimate of drug-likeness (QED) is 0.771. The zero-order chi connectivity index (χ0) is 17.9. The van der Waals surface area contributed by atoms with Gasteiger partial charge in [-0.3, -0.25) is 4.79 Å². The summed E-state index contributed by atoms with van der Waals surface area (Å²) in [6.45, 7) is 5.28. The molecule has 1 heterocycles. The van der Waals surface area contributed by atoms with Crippen molar-refractivity contribution in [1.82, 2.24) is 10.6 Å². The molecule has 1 fully saturated rings. The zero-order valence-corrected chi connectivity index (χ0v) is 16.1. The van der Waals surface area contributed by atoms with Crippen molar-refractivity contribution in [3.8, 4) is 0 Å². The highest BCUT2D eigenvalue weighted by atomic mass is 35.5. The Balaban J connectivity index is 0.00000243. The van der Waals surface area contributed by atoms with Crippen LogP contribution >= 0.6 is 12.4 Å². The zero-order valence-electron chi connectivity index (χ0n) is 15.3. The first-order chi connectivity index (χ1) is 12.0. The Morgan fingerprint density at radius 2 is 1.96 bits per heavy atom. The predicted molar refractivity (Wildman–Crippen MR) is 107 cm³/mol. The molecule has 3 rings (SSSR count). The van der Waals surface area contributed by atoms with Crippen molar-refractivity contribution in [2.75, 3.05) is 13.1 Å². The summed E-state index contributed by atoms with van der Waals surface area (Å²) in [5.41, 5.74) is 3.51. The van der Waals surface area contributed by atoms with Crippen molar-refractivity contribution >= 4 is 18.3 Å².